The van der Waals surface area contributed by atoms with Crippen LogP contribution in [0.3, 0.4) is 0 Å². The fraction of sp³-hybridized carbons (Fsp3) is 0.923. The topological polar surface area (TPSA) is 44.4 Å². The lowest BCUT2D eigenvalue weighted by atomic mass is 10.0. The maximum atomic E-state index is 12.0. The Morgan fingerprint density at radius 1 is 1.44 bits per heavy atom. The molecule has 18 heavy (non-hydrogen) atoms. The molecule has 104 valence electrons. The number of thioether (sulfide) groups is 1. The van der Waals surface area contributed by atoms with Crippen molar-refractivity contribution in [2.75, 3.05) is 31.3 Å². The van der Waals surface area contributed by atoms with Crippen molar-refractivity contribution < 1.29 is 4.79 Å². The van der Waals surface area contributed by atoms with Gasteiger partial charge in [0.05, 0.1) is 6.04 Å². The number of carbonyl (C=O) groups is 1. The lowest BCUT2D eigenvalue weighted by molar-refractivity contribution is -0.122. The first kappa shape index (κ1) is 14.2. The number of nitrogens with zero attached hydrogens (tertiary/aromatic N) is 1. The summed E-state index contributed by atoms with van der Waals surface area (Å²) in [5.41, 5.74) is 0. The van der Waals surface area contributed by atoms with E-state index in [4.69, 9.17) is 0 Å². The highest BCUT2D eigenvalue weighted by atomic mass is 32.2. The van der Waals surface area contributed by atoms with Crippen molar-refractivity contribution in [2.24, 2.45) is 5.92 Å². The Morgan fingerprint density at radius 3 is 2.72 bits per heavy atom. The first-order valence-corrected chi connectivity index (χ1v) is 8.17. The van der Waals surface area contributed by atoms with Gasteiger partial charge in [0.25, 0.3) is 0 Å². The van der Waals surface area contributed by atoms with E-state index >= 15 is 0 Å². The Kier molecular flexibility index (Phi) is 5.33. The van der Waals surface area contributed by atoms with E-state index in [1.165, 1.54) is 25.9 Å². The summed E-state index contributed by atoms with van der Waals surface area (Å²) < 4.78 is 0. The molecular formula is C13H25N3OS. The van der Waals surface area contributed by atoms with E-state index < -0.39 is 0 Å². The SMILES string of the molecule is CC(C)C(CNC(=O)C1CSCN1)N1CCCC1. The number of hydrogen-bond donors (Lipinski definition) is 2. The summed E-state index contributed by atoms with van der Waals surface area (Å²) >= 11 is 1.79. The first-order valence-electron chi connectivity index (χ1n) is 7.01. The molecule has 0 aromatic carbocycles. The smallest absolute Gasteiger partial charge is 0.238 e. The van der Waals surface area contributed by atoms with Gasteiger partial charge in [0, 0.05) is 24.2 Å². The summed E-state index contributed by atoms with van der Waals surface area (Å²) in [7, 11) is 0. The molecule has 2 fully saturated rings. The molecule has 4 nitrogen and oxygen atoms in total. The monoisotopic (exact) mass is 271 g/mol. The molecule has 0 radical (unpaired) electrons. The standard InChI is InChI=1S/C13H25N3OS/c1-10(2)12(16-5-3-4-6-16)7-14-13(17)11-8-18-9-15-11/h10-12,15H,3-9H2,1-2H3,(H,14,17). The summed E-state index contributed by atoms with van der Waals surface area (Å²) in [5.74, 6) is 2.57. The van der Waals surface area contributed by atoms with Gasteiger partial charge in [-0.2, -0.15) is 0 Å². The molecule has 2 rings (SSSR count). The van der Waals surface area contributed by atoms with E-state index in [1.54, 1.807) is 11.8 Å². The normalized spacial score (nSPS) is 26.7. The molecule has 5 heteroatoms. The number of likely N-dealkylation sites (tertiary alicyclic amines) is 1. The molecule has 2 heterocycles. The van der Waals surface area contributed by atoms with Crippen LogP contribution in [0.15, 0.2) is 0 Å². The summed E-state index contributed by atoms with van der Waals surface area (Å²) in [6, 6.07) is 0.506. The Bertz CT molecular complexity index is 273. The van der Waals surface area contributed by atoms with Gasteiger partial charge in [0.1, 0.15) is 0 Å². The zero-order chi connectivity index (χ0) is 13.0. The molecule has 0 aliphatic carbocycles. The van der Waals surface area contributed by atoms with Crippen molar-refractivity contribution in [1.29, 1.82) is 0 Å². The largest absolute Gasteiger partial charge is 0.353 e. The molecule has 2 aliphatic heterocycles. The van der Waals surface area contributed by atoms with Gasteiger partial charge in [-0.15, -0.1) is 11.8 Å². The number of nitrogens with one attached hydrogen (secondary N) is 2. The van der Waals surface area contributed by atoms with Crippen LogP contribution < -0.4 is 10.6 Å². The Balaban J connectivity index is 1.79. The predicted octanol–water partition coefficient (Wildman–Crippen LogP) is 0.886. The van der Waals surface area contributed by atoms with Gasteiger partial charge < -0.3 is 5.32 Å². The molecule has 2 atom stereocenters. The third-order valence-corrected chi connectivity index (χ3v) is 4.84. The number of hydrogen-bond acceptors (Lipinski definition) is 4. The van der Waals surface area contributed by atoms with Crippen molar-refractivity contribution in [1.82, 2.24) is 15.5 Å². The summed E-state index contributed by atoms with van der Waals surface area (Å²) in [4.78, 5) is 14.5. The van der Waals surface area contributed by atoms with E-state index in [2.05, 4.69) is 29.4 Å². The Hall–Kier alpha value is -0.260. The Labute approximate surface area is 114 Å². The van der Waals surface area contributed by atoms with Crippen LogP contribution in [0.4, 0.5) is 0 Å². The zero-order valence-corrected chi connectivity index (χ0v) is 12.3. The van der Waals surface area contributed by atoms with Crippen molar-refractivity contribution in [3.8, 4) is 0 Å². The van der Waals surface area contributed by atoms with Crippen LogP contribution in [0, 0.1) is 5.92 Å². The number of carbonyl (C=O) groups excluding carboxylic acids is 1. The first-order chi connectivity index (χ1) is 8.68. The molecule has 0 aromatic heterocycles. The average Bonchev–Trinajstić information content (AvgIpc) is 3.01. The van der Waals surface area contributed by atoms with Gasteiger partial charge in [0.2, 0.25) is 5.91 Å². The minimum Gasteiger partial charge on any atom is -0.353 e. The average molecular weight is 271 g/mol. The van der Waals surface area contributed by atoms with Gasteiger partial charge in [-0.25, -0.2) is 0 Å². The van der Waals surface area contributed by atoms with Crippen LogP contribution >= 0.6 is 11.8 Å². The molecule has 2 saturated heterocycles. The minimum absolute atomic E-state index is 0.0152. The fourth-order valence-corrected chi connectivity index (χ4v) is 3.69. The van der Waals surface area contributed by atoms with Crippen LogP contribution in [-0.2, 0) is 4.79 Å². The number of amides is 1. The van der Waals surface area contributed by atoms with Crippen LogP contribution in [0.5, 0.6) is 0 Å². The van der Waals surface area contributed by atoms with E-state index in [-0.39, 0.29) is 11.9 Å². The van der Waals surface area contributed by atoms with Crippen LogP contribution in [-0.4, -0.2) is 54.2 Å². The molecule has 0 aromatic rings. The quantitative estimate of drug-likeness (QED) is 0.779. The van der Waals surface area contributed by atoms with Gasteiger partial charge in [-0.05, 0) is 31.8 Å². The van der Waals surface area contributed by atoms with Gasteiger partial charge in [0.15, 0.2) is 0 Å². The van der Waals surface area contributed by atoms with Crippen LogP contribution in [0.25, 0.3) is 0 Å². The highest BCUT2D eigenvalue weighted by Crippen LogP contribution is 2.17. The lowest BCUT2D eigenvalue weighted by Crippen LogP contribution is -2.49. The predicted molar refractivity (Wildman–Crippen MR) is 76.7 cm³/mol. The van der Waals surface area contributed by atoms with Crippen LogP contribution in [0.2, 0.25) is 0 Å². The maximum Gasteiger partial charge on any atom is 0.238 e. The number of rotatable bonds is 5. The zero-order valence-electron chi connectivity index (χ0n) is 11.4. The van der Waals surface area contributed by atoms with Gasteiger partial charge >= 0.3 is 0 Å². The summed E-state index contributed by atoms with van der Waals surface area (Å²) in [5, 5.41) is 6.34. The van der Waals surface area contributed by atoms with E-state index in [0.29, 0.717) is 12.0 Å². The molecule has 0 spiro atoms. The van der Waals surface area contributed by atoms with Crippen LogP contribution in [0.1, 0.15) is 26.7 Å². The molecule has 0 saturated carbocycles. The lowest BCUT2D eigenvalue weighted by Gasteiger charge is -2.31. The molecule has 2 unspecified atom stereocenters. The van der Waals surface area contributed by atoms with Gasteiger partial charge in [-0.3, -0.25) is 15.0 Å². The molecule has 0 bridgehead atoms. The van der Waals surface area contributed by atoms with E-state index in [9.17, 15) is 4.79 Å². The summed E-state index contributed by atoms with van der Waals surface area (Å²) in [6.07, 6.45) is 2.61. The fourth-order valence-electron chi connectivity index (χ4n) is 2.75. The molecular weight excluding hydrogens is 246 g/mol. The Morgan fingerprint density at radius 2 is 2.17 bits per heavy atom. The molecule has 2 aliphatic rings. The van der Waals surface area contributed by atoms with Crippen molar-refractivity contribution in [2.45, 2.75) is 38.8 Å². The maximum absolute atomic E-state index is 12.0. The highest BCUT2D eigenvalue weighted by Gasteiger charge is 2.27. The second-order valence-electron chi connectivity index (χ2n) is 5.57. The summed E-state index contributed by atoms with van der Waals surface area (Å²) in [6.45, 7) is 7.67. The van der Waals surface area contributed by atoms with E-state index in [0.717, 1.165) is 18.2 Å². The third-order valence-electron chi connectivity index (χ3n) is 3.90. The minimum atomic E-state index is 0.0152. The third kappa shape index (κ3) is 3.62. The van der Waals surface area contributed by atoms with Crippen molar-refractivity contribution >= 4 is 17.7 Å². The van der Waals surface area contributed by atoms with Crippen molar-refractivity contribution in [3.63, 3.8) is 0 Å². The van der Waals surface area contributed by atoms with Crippen molar-refractivity contribution in [3.05, 3.63) is 0 Å². The second kappa shape index (κ2) is 6.78. The van der Waals surface area contributed by atoms with E-state index in [1.807, 2.05) is 0 Å². The second-order valence-corrected chi connectivity index (χ2v) is 6.60. The molecule has 1 amide bonds. The molecule has 2 N–H and O–H groups in total. The highest BCUT2D eigenvalue weighted by molar-refractivity contribution is 7.99. The van der Waals surface area contributed by atoms with Gasteiger partial charge in [-0.1, -0.05) is 13.8 Å².